The summed E-state index contributed by atoms with van der Waals surface area (Å²) in [6.45, 7) is 6.85. The maximum absolute atomic E-state index is 13.7. The fourth-order valence-corrected chi connectivity index (χ4v) is 5.29. The lowest BCUT2D eigenvalue weighted by molar-refractivity contribution is -0.0301. The quantitative estimate of drug-likeness (QED) is 0.251. The van der Waals surface area contributed by atoms with Gasteiger partial charge in [-0.1, -0.05) is 73.7 Å². The SMILES string of the molecule is CCN1CCN(CC(O)(Cn2cncn2)c2ccc(C(=O)OCc3ccccc3)cc2C(=O)OCc2ccccc2)CC1. The Bertz CT molecular complexity index is 1470. The molecule has 1 aliphatic rings. The van der Waals surface area contributed by atoms with Crippen molar-refractivity contribution >= 4 is 11.9 Å². The molecule has 1 N–H and O–H groups in total. The third-order valence-electron chi connectivity index (χ3n) is 7.69. The van der Waals surface area contributed by atoms with Gasteiger partial charge in [-0.15, -0.1) is 0 Å². The van der Waals surface area contributed by atoms with Gasteiger partial charge >= 0.3 is 11.9 Å². The van der Waals surface area contributed by atoms with Gasteiger partial charge in [0.25, 0.3) is 0 Å². The van der Waals surface area contributed by atoms with Crippen molar-refractivity contribution in [2.24, 2.45) is 0 Å². The normalized spacial score (nSPS) is 15.5. The standard InChI is InChI=1S/C33H37N5O5/c1-2-36-15-17-37(18-16-36)22-33(41,23-38-25-34-24-35-38)30-14-13-28(31(39)42-20-26-9-5-3-6-10-26)19-29(30)32(40)43-21-27-11-7-4-8-12-27/h3-14,19,24-25,41H,2,15-18,20-23H2,1H3. The number of hydrogen-bond donors (Lipinski definition) is 1. The lowest BCUT2D eigenvalue weighted by Crippen LogP contribution is -2.52. The van der Waals surface area contributed by atoms with E-state index in [4.69, 9.17) is 9.47 Å². The second kappa shape index (κ2) is 14.2. The smallest absolute Gasteiger partial charge is 0.338 e. The third-order valence-corrected chi connectivity index (χ3v) is 7.69. The Balaban J connectivity index is 1.46. The van der Waals surface area contributed by atoms with Crippen LogP contribution < -0.4 is 0 Å². The third kappa shape index (κ3) is 7.92. The van der Waals surface area contributed by atoms with E-state index in [-0.39, 0.29) is 37.4 Å². The first-order chi connectivity index (χ1) is 20.9. The molecule has 224 valence electrons. The summed E-state index contributed by atoms with van der Waals surface area (Å²) < 4.78 is 12.8. The van der Waals surface area contributed by atoms with Crippen LogP contribution >= 0.6 is 0 Å². The molecule has 43 heavy (non-hydrogen) atoms. The van der Waals surface area contributed by atoms with Crippen molar-refractivity contribution in [3.63, 3.8) is 0 Å². The average molecular weight is 584 g/mol. The van der Waals surface area contributed by atoms with Gasteiger partial charge in [0.15, 0.2) is 0 Å². The number of carbonyl (C=O) groups excluding carboxylic acids is 2. The number of aliphatic hydroxyl groups is 1. The van der Waals surface area contributed by atoms with Crippen molar-refractivity contribution in [3.05, 3.63) is 119 Å². The predicted octanol–water partition coefficient (Wildman–Crippen LogP) is 3.52. The zero-order chi connectivity index (χ0) is 30.1. The van der Waals surface area contributed by atoms with Crippen LogP contribution in [0.25, 0.3) is 0 Å². The summed E-state index contributed by atoms with van der Waals surface area (Å²) in [6.07, 6.45) is 2.93. The van der Waals surface area contributed by atoms with E-state index in [1.807, 2.05) is 60.7 Å². The van der Waals surface area contributed by atoms with Crippen LogP contribution in [-0.4, -0.2) is 80.9 Å². The molecule has 1 saturated heterocycles. The first kappa shape index (κ1) is 30.1. The Morgan fingerprint density at radius 3 is 2.00 bits per heavy atom. The number of benzene rings is 3. The lowest BCUT2D eigenvalue weighted by atomic mass is 9.87. The van der Waals surface area contributed by atoms with Gasteiger partial charge < -0.3 is 19.5 Å². The highest BCUT2D eigenvalue weighted by molar-refractivity contribution is 5.96. The Labute approximate surface area is 251 Å². The summed E-state index contributed by atoms with van der Waals surface area (Å²) in [5.41, 5.74) is 0.752. The van der Waals surface area contributed by atoms with E-state index in [2.05, 4.69) is 26.8 Å². The minimum Gasteiger partial charge on any atom is -0.457 e. The van der Waals surface area contributed by atoms with Gasteiger partial charge in [0.05, 0.1) is 17.7 Å². The second-order valence-electron chi connectivity index (χ2n) is 10.7. The Hall–Kier alpha value is -4.38. The molecule has 10 nitrogen and oxygen atoms in total. The molecule has 1 aliphatic heterocycles. The number of esters is 2. The van der Waals surface area contributed by atoms with E-state index in [0.717, 1.165) is 43.9 Å². The number of nitrogens with zero attached hydrogens (tertiary/aromatic N) is 5. The number of piperazine rings is 1. The van der Waals surface area contributed by atoms with Crippen molar-refractivity contribution in [2.75, 3.05) is 39.3 Å². The van der Waals surface area contributed by atoms with Crippen LogP contribution in [0.15, 0.2) is 91.5 Å². The number of hydrogen-bond acceptors (Lipinski definition) is 9. The summed E-state index contributed by atoms with van der Waals surface area (Å²) in [6, 6.07) is 23.4. The van der Waals surface area contributed by atoms with Gasteiger partial charge in [0.1, 0.15) is 31.5 Å². The Morgan fingerprint density at radius 2 is 1.42 bits per heavy atom. The number of ether oxygens (including phenoxy) is 2. The van der Waals surface area contributed by atoms with E-state index in [9.17, 15) is 14.7 Å². The molecule has 1 fully saturated rings. The van der Waals surface area contributed by atoms with Crippen LogP contribution in [0.1, 0.15) is 44.3 Å². The highest BCUT2D eigenvalue weighted by Crippen LogP contribution is 2.30. The van der Waals surface area contributed by atoms with E-state index >= 15 is 0 Å². The molecule has 1 unspecified atom stereocenters. The summed E-state index contributed by atoms with van der Waals surface area (Å²) in [5.74, 6) is -1.23. The van der Waals surface area contributed by atoms with Gasteiger partial charge in [0, 0.05) is 38.3 Å². The Kier molecular flexibility index (Phi) is 9.93. The molecule has 3 aromatic carbocycles. The molecule has 5 rings (SSSR count). The highest BCUT2D eigenvalue weighted by Gasteiger charge is 2.38. The minimum absolute atomic E-state index is 0.0439. The molecule has 0 spiro atoms. The Morgan fingerprint density at radius 1 is 0.814 bits per heavy atom. The molecular formula is C33H37N5O5. The monoisotopic (exact) mass is 583 g/mol. The molecule has 2 heterocycles. The average Bonchev–Trinajstić information content (AvgIpc) is 3.56. The van der Waals surface area contributed by atoms with Crippen molar-refractivity contribution in [3.8, 4) is 0 Å². The topological polar surface area (TPSA) is 110 Å². The molecular weight excluding hydrogens is 546 g/mol. The molecule has 0 bridgehead atoms. The van der Waals surface area contributed by atoms with Gasteiger partial charge in [-0.05, 0) is 29.8 Å². The predicted molar refractivity (Wildman–Crippen MR) is 160 cm³/mol. The second-order valence-corrected chi connectivity index (χ2v) is 10.7. The van der Waals surface area contributed by atoms with Gasteiger partial charge in [0.2, 0.25) is 0 Å². The van der Waals surface area contributed by atoms with E-state index in [0.29, 0.717) is 5.56 Å². The largest absolute Gasteiger partial charge is 0.457 e. The van der Waals surface area contributed by atoms with Crippen LogP contribution in [0.4, 0.5) is 0 Å². The molecule has 4 aromatic rings. The number of carbonyl (C=O) groups is 2. The minimum atomic E-state index is -1.55. The first-order valence-electron chi connectivity index (χ1n) is 14.5. The van der Waals surface area contributed by atoms with Crippen LogP contribution in [0.5, 0.6) is 0 Å². The highest BCUT2D eigenvalue weighted by atomic mass is 16.5. The fourth-order valence-electron chi connectivity index (χ4n) is 5.29. The zero-order valence-corrected chi connectivity index (χ0v) is 24.3. The molecule has 0 amide bonds. The molecule has 10 heteroatoms. The number of aromatic nitrogens is 3. The van der Waals surface area contributed by atoms with Crippen LogP contribution in [-0.2, 0) is 34.8 Å². The van der Waals surface area contributed by atoms with Crippen molar-refractivity contribution in [1.29, 1.82) is 0 Å². The number of rotatable bonds is 12. The summed E-state index contributed by atoms with van der Waals surface area (Å²) in [4.78, 5) is 35.3. The zero-order valence-electron chi connectivity index (χ0n) is 24.3. The number of β-amino-alcohol motifs (C(OH)–C–C–N with tert-alkyl or cyclic N) is 1. The van der Waals surface area contributed by atoms with Gasteiger partial charge in [-0.2, -0.15) is 5.10 Å². The van der Waals surface area contributed by atoms with Crippen LogP contribution in [0.2, 0.25) is 0 Å². The van der Waals surface area contributed by atoms with Crippen molar-refractivity contribution < 1.29 is 24.2 Å². The van der Waals surface area contributed by atoms with Gasteiger partial charge in [-0.3, -0.25) is 4.90 Å². The first-order valence-corrected chi connectivity index (χ1v) is 14.5. The molecule has 0 aliphatic carbocycles. The van der Waals surface area contributed by atoms with E-state index in [1.165, 1.54) is 18.7 Å². The fraction of sp³-hybridized carbons (Fsp3) is 0.333. The molecule has 1 aromatic heterocycles. The molecule has 1 atom stereocenters. The van der Waals surface area contributed by atoms with Crippen molar-refractivity contribution in [1.82, 2.24) is 24.6 Å². The molecule has 0 saturated carbocycles. The molecule has 0 radical (unpaired) electrons. The summed E-state index contributed by atoms with van der Waals surface area (Å²) in [5, 5.41) is 16.6. The lowest BCUT2D eigenvalue weighted by Gasteiger charge is -2.39. The van der Waals surface area contributed by atoms with E-state index in [1.54, 1.807) is 16.8 Å². The maximum Gasteiger partial charge on any atom is 0.338 e. The van der Waals surface area contributed by atoms with Gasteiger partial charge in [-0.25, -0.2) is 19.3 Å². The van der Waals surface area contributed by atoms with Crippen LogP contribution in [0.3, 0.4) is 0 Å². The van der Waals surface area contributed by atoms with E-state index < -0.39 is 17.5 Å². The van der Waals surface area contributed by atoms with Crippen molar-refractivity contribution in [2.45, 2.75) is 32.3 Å². The summed E-state index contributed by atoms with van der Waals surface area (Å²) in [7, 11) is 0. The maximum atomic E-state index is 13.7. The van der Waals surface area contributed by atoms with Crippen LogP contribution in [0, 0.1) is 0 Å². The number of likely N-dealkylation sites (N-methyl/N-ethyl adjacent to an activating group) is 1. The summed E-state index contributed by atoms with van der Waals surface area (Å²) >= 11 is 0.